The van der Waals surface area contributed by atoms with E-state index in [4.69, 9.17) is 0 Å². The van der Waals surface area contributed by atoms with E-state index in [0.29, 0.717) is 0 Å². The first-order chi connectivity index (χ1) is 4.45. The Kier molecular flexibility index (Phi) is 1.41. The minimum absolute atomic E-state index is 0.740. The van der Waals surface area contributed by atoms with Crippen LogP contribution >= 0.6 is 0 Å². The third kappa shape index (κ3) is 1.08. The van der Waals surface area contributed by atoms with Gasteiger partial charge in [0.05, 0.1) is 0 Å². The first-order valence-electron chi connectivity index (χ1n) is 3.67. The van der Waals surface area contributed by atoms with Crippen LogP contribution in [0.3, 0.4) is 0 Å². The van der Waals surface area contributed by atoms with Gasteiger partial charge in [0.15, 0.2) is 0 Å². The molecule has 0 aromatic heterocycles. The molecule has 0 aromatic carbocycles. The van der Waals surface area contributed by atoms with Crippen LogP contribution in [0.2, 0.25) is 0 Å². The van der Waals surface area contributed by atoms with E-state index in [1.807, 2.05) is 0 Å². The molecule has 3 rings (SSSR count). The van der Waals surface area contributed by atoms with E-state index in [1.165, 1.54) is 13.0 Å². The maximum atomic E-state index is 3.47. The monoisotopic (exact) mass is 127 g/mol. The van der Waals surface area contributed by atoms with Crippen molar-refractivity contribution < 1.29 is 0 Å². The van der Waals surface area contributed by atoms with Gasteiger partial charge in [-0.15, -0.1) is 0 Å². The highest BCUT2D eigenvalue weighted by molar-refractivity contribution is 4.79. The van der Waals surface area contributed by atoms with Crippen LogP contribution in [0.1, 0.15) is 6.42 Å². The summed E-state index contributed by atoms with van der Waals surface area (Å²) in [7, 11) is 0. The fourth-order valence-corrected chi connectivity index (χ4v) is 1.50. The fourth-order valence-electron chi connectivity index (χ4n) is 1.50. The molecule has 2 bridgehead atoms. The van der Waals surface area contributed by atoms with E-state index >= 15 is 0 Å². The van der Waals surface area contributed by atoms with Crippen LogP contribution in [0.15, 0.2) is 0 Å². The van der Waals surface area contributed by atoms with Crippen molar-refractivity contribution >= 4 is 0 Å². The summed E-state index contributed by atoms with van der Waals surface area (Å²) in [6, 6.07) is 0.740. The van der Waals surface area contributed by atoms with Gasteiger partial charge in [-0.25, -0.2) is 5.01 Å². The average molecular weight is 127 g/mol. The molecule has 3 aliphatic heterocycles. The van der Waals surface area contributed by atoms with Gasteiger partial charge in [0, 0.05) is 32.2 Å². The van der Waals surface area contributed by atoms with E-state index in [-0.39, 0.29) is 0 Å². The van der Waals surface area contributed by atoms with Crippen molar-refractivity contribution in [2.75, 3.05) is 26.2 Å². The number of nitrogens with one attached hydrogen (secondary N) is 2. The predicted molar refractivity (Wildman–Crippen MR) is 36.0 cm³/mol. The molecule has 52 valence electrons. The fraction of sp³-hybridized carbons (Fsp3) is 1.00. The zero-order chi connectivity index (χ0) is 6.10. The SMILES string of the molecule is C1CN2CCC(CN2)N1. The number of nitrogens with zero attached hydrogens (tertiary/aromatic N) is 1. The lowest BCUT2D eigenvalue weighted by atomic mass is 10.2. The molecular weight excluding hydrogens is 114 g/mol. The summed E-state index contributed by atoms with van der Waals surface area (Å²) in [6.45, 7) is 4.66. The van der Waals surface area contributed by atoms with Crippen LogP contribution in [0.25, 0.3) is 0 Å². The summed E-state index contributed by atoms with van der Waals surface area (Å²) < 4.78 is 0. The number of hydrogen-bond donors (Lipinski definition) is 2. The molecule has 3 heteroatoms. The van der Waals surface area contributed by atoms with Crippen molar-refractivity contribution in [1.29, 1.82) is 0 Å². The number of hydrazine groups is 1. The molecule has 0 aliphatic carbocycles. The van der Waals surface area contributed by atoms with Crippen LogP contribution in [-0.2, 0) is 0 Å². The third-order valence-electron chi connectivity index (χ3n) is 2.12. The van der Waals surface area contributed by atoms with E-state index < -0.39 is 0 Å². The Hall–Kier alpha value is -0.120. The van der Waals surface area contributed by atoms with Crippen LogP contribution in [0.5, 0.6) is 0 Å². The highest BCUT2D eigenvalue weighted by Crippen LogP contribution is 2.03. The molecule has 9 heavy (non-hydrogen) atoms. The quantitative estimate of drug-likeness (QED) is 0.444. The first kappa shape index (κ1) is 5.65. The summed E-state index contributed by atoms with van der Waals surface area (Å²) in [5.41, 5.74) is 3.35. The van der Waals surface area contributed by atoms with E-state index in [2.05, 4.69) is 15.8 Å². The summed E-state index contributed by atoms with van der Waals surface area (Å²) in [4.78, 5) is 0. The number of fused-ring (bicyclic) bond motifs is 4. The lowest BCUT2D eigenvalue weighted by molar-refractivity contribution is 0.169. The number of rotatable bonds is 0. The Morgan fingerprint density at radius 1 is 1.33 bits per heavy atom. The Balaban J connectivity index is 2.03. The van der Waals surface area contributed by atoms with E-state index in [9.17, 15) is 0 Å². The second-order valence-electron chi connectivity index (χ2n) is 2.79. The summed E-state index contributed by atoms with van der Waals surface area (Å²) in [5, 5.41) is 5.77. The van der Waals surface area contributed by atoms with Crippen LogP contribution < -0.4 is 10.7 Å². The minimum atomic E-state index is 0.740. The maximum Gasteiger partial charge on any atom is 0.0257 e. The number of hydrogen-bond acceptors (Lipinski definition) is 3. The van der Waals surface area contributed by atoms with Gasteiger partial charge in [0.2, 0.25) is 0 Å². The molecule has 0 aromatic rings. The summed E-state index contributed by atoms with van der Waals surface area (Å²) in [6.07, 6.45) is 1.31. The molecular formula is C6H13N3. The van der Waals surface area contributed by atoms with Gasteiger partial charge in [0.1, 0.15) is 0 Å². The lowest BCUT2D eigenvalue weighted by Crippen LogP contribution is -2.47. The largest absolute Gasteiger partial charge is 0.311 e. The van der Waals surface area contributed by atoms with Gasteiger partial charge in [-0.3, -0.25) is 5.43 Å². The van der Waals surface area contributed by atoms with Crippen LogP contribution in [0, 0.1) is 0 Å². The molecule has 3 saturated heterocycles. The Morgan fingerprint density at radius 3 is 3.11 bits per heavy atom. The molecule has 0 radical (unpaired) electrons. The van der Waals surface area contributed by atoms with Crippen LogP contribution in [-0.4, -0.2) is 37.2 Å². The molecule has 3 aliphatic rings. The van der Waals surface area contributed by atoms with Crippen LogP contribution in [0.4, 0.5) is 0 Å². The second kappa shape index (κ2) is 2.25. The third-order valence-corrected chi connectivity index (χ3v) is 2.12. The molecule has 2 N–H and O–H groups in total. The van der Waals surface area contributed by atoms with Gasteiger partial charge < -0.3 is 5.32 Å². The maximum absolute atomic E-state index is 3.47. The molecule has 3 nitrogen and oxygen atoms in total. The van der Waals surface area contributed by atoms with Crippen molar-refractivity contribution in [3.8, 4) is 0 Å². The minimum Gasteiger partial charge on any atom is -0.311 e. The molecule has 2 unspecified atom stereocenters. The highest BCUT2D eigenvalue weighted by Gasteiger charge is 2.21. The van der Waals surface area contributed by atoms with Crippen molar-refractivity contribution in [2.24, 2.45) is 0 Å². The molecule has 0 spiro atoms. The Morgan fingerprint density at radius 2 is 2.33 bits per heavy atom. The van der Waals surface area contributed by atoms with E-state index in [0.717, 1.165) is 25.7 Å². The standard InChI is InChI=1S/C6H13N3/c1-3-9-4-2-7-6(1)5-8-9/h6-8H,1-5H2. The van der Waals surface area contributed by atoms with Gasteiger partial charge in [-0.1, -0.05) is 0 Å². The topological polar surface area (TPSA) is 27.3 Å². The lowest BCUT2D eigenvalue weighted by Gasteiger charge is -2.26. The van der Waals surface area contributed by atoms with Crippen molar-refractivity contribution in [1.82, 2.24) is 15.8 Å². The molecule has 3 fully saturated rings. The van der Waals surface area contributed by atoms with Gasteiger partial charge in [-0.05, 0) is 6.42 Å². The Labute approximate surface area is 55.4 Å². The molecule has 2 atom stereocenters. The smallest absolute Gasteiger partial charge is 0.0257 e. The summed E-state index contributed by atoms with van der Waals surface area (Å²) >= 11 is 0. The van der Waals surface area contributed by atoms with Gasteiger partial charge in [-0.2, -0.15) is 0 Å². The molecule has 0 saturated carbocycles. The highest BCUT2D eigenvalue weighted by atomic mass is 15.5. The van der Waals surface area contributed by atoms with Crippen molar-refractivity contribution in [3.05, 3.63) is 0 Å². The van der Waals surface area contributed by atoms with Gasteiger partial charge in [0.25, 0.3) is 0 Å². The molecule has 3 heterocycles. The zero-order valence-corrected chi connectivity index (χ0v) is 5.56. The van der Waals surface area contributed by atoms with Gasteiger partial charge >= 0.3 is 0 Å². The first-order valence-corrected chi connectivity index (χ1v) is 3.67. The van der Waals surface area contributed by atoms with Crippen molar-refractivity contribution in [2.45, 2.75) is 12.5 Å². The normalized spacial score (nSPS) is 42.7. The Bertz CT molecular complexity index is 79.0. The predicted octanol–water partition coefficient (Wildman–Crippen LogP) is -0.831. The zero-order valence-electron chi connectivity index (χ0n) is 5.56. The molecule has 0 amide bonds. The van der Waals surface area contributed by atoms with E-state index in [1.54, 1.807) is 0 Å². The summed E-state index contributed by atoms with van der Waals surface area (Å²) in [5.74, 6) is 0. The average Bonchev–Trinajstić information content (AvgIpc) is 2.21. The van der Waals surface area contributed by atoms with Crippen molar-refractivity contribution in [3.63, 3.8) is 0 Å². The second-order valence-corrected chi connectivity index (χ2v) is 2.79.